The summed E-state index contributed by atoms with van der Waals surface area (Å²) < 4.78 is 6.31. The third kappa shape index (κ3) is 2.41. The lowest BCUT2D eigenvalue weighted by atomic mass is 10.2. The third-order valence-corrected chi connectivity index (χ3v) is 3.06. The molecular formula is C14H11ClN2O4. The van der Waals surface area contributed by atoms with E-state index in [1.807, 2.05) is 0 Å². The monoisotopic (exact) mass is 306 g/mol. The molecule has 1 N–H and O–H groups in total. The second-order valence-electron chi connectivity index (χ2n) is 4.25. The Kier molecular flexibility index (Phi) is 3.82. The molecule has 6 nitrogen and oxygen atoms in total. The van der Waals surface area contributed by atoms with Gasteiger partial charge in [0.05, 0.1) is 23.6 Å². The number of hydrogen-bond acceptors (Lipinski definition) is 4. The predicted molar refractivity (Wildman–Crippen MR) is 79.7 cm³/mol. The molecule has 0 saturated carbocycles. The van der Waals surface area contributed by atoms with Crippen LogP contribution in [0.5, 0.6) is 5.75 Å². The first-order chi connectivity index (χ1) is 9.60. The molecular weight excluding hydrogens is 296 g/mol. The fourth-order valence-corrected chi connectivity index (χ4v) is 2.04. The summed E-state index contributed by atoms with van der Waals surface area (Å²) in [5, 5.41) is 9.35. The second-order valence-corrected chi connectivity index (χ2v) is 4.25. The number of methoxy groups -OCH3 is 1. The van der Waals surface area contributed by atoms with Crippen molar-refractivity contribution in [3.8, 4) is 5.75 Å². The van der Waals surface area contributed by atoms with Gasteiger partial charge < -0.3 is 9.84 Å². The molecule has 7 heteroatoms. The van der Waals surface area contributed by atoms with E-state index in [1.165, 1.54) is 29.8 Å². The molecule has 0 saturated heterocycles. The molecule has 3 rings (SSSR count). The zero-order chi connectivity index (χ0) is 14.3. The van der Waals surface area contributed by atoms with Crippen LogP contribution in [0.15, 0.2) is 41.3 Å². The number of aromatic carboxylic acids is 1. The topological polar surface area (TPSA) is 80.9 Å². The van der Waals surface area contributed by atoms with Crippen molar-refractivity contribution in [1.29, 1.82) is 0 Å². The Morgan fingerprint density at radius 2 is 2.05 bits per heavy atom. The first-order valence-corrected chi connectivity index (χ1v) is 5.83. The molecule has 0 atom stereocenters. The van der Waals surface area contributed by atoms with Gasteiger partial charge in [-0.05, 0) is 30.3 Å². The molecule has 108 valence electrons. The summed E-state index contributed by atoms with van der Waals surface area (Å²) in [4.78, 5) is 27.7. The molecule has 0 spiro atoms. The van der Waals surface area contributed by atoms with Crippen LogP contribution < -0.4 is 10.3 Å². The molecule has 1 aromatic carbocycles. The highest BCUT2D eigenvalue weighted by Crippen LogP contribution is 2.17. The molecule has 0 aliphatic rings. The van der Waals surface area contributed by atoms with Crippen molar-refractivity contribution >= 4 is 34.9 Å². The maximum Gasteiger partial charge on any atom is 0.337 e. The number of nitrogens with zero attached hydrogens (tertiary/aromatic N) is 2. The Hall–Kier alpha value is -2.60. The number of fused-ring (bicyclic) bond motifs is 2. The van der Waals surface area contributed by atoms with Gasteiger partial charge in [0.15, 0.2) is 0 Å². The minimum Gasteiger partial charge on any atom is -0.497 e. The van der Waals surface area contributed by atoms with E-state index in [-0.39, 0.29) is 23.5 Å². The number of carbonyl (C=O) groups is 1. The quantitative estimate of drug-likeness (QED) is 0.732. The SMILES string of the molecule is COc1ccc2nc3ccc(C(=O)O)cn3c(=O)c2c1.Cl. The zero-order valence-corrected chi connectivity index (χ0v) is 11.8. The number of halogens is 1. The van der Waals surface area contributed by atoms with Crippen LogP contribution in [0.1, 0.15) is 10.4 Å². The number of ether oxygens (including phenoxy) is 1. The van der Waals surface area contributed by atoms with Gasteiger partial charge in [-0.15, -0.1) is 12.4 Å². The first kappa shape index (κ1) is 14.8. The van der Waals surface area contributed by atoms with Crippen molar-refractivity contribution < 1.29 is 14.6 Å². The Bertz CT molecular complexity index is 904. The minimum atomic E-state index is -1.09. The number of aromatic nitrogens is 2. The summed E-state index contributed by atoms with van der Waals surface area (Å²) in [6.45, 7) is 0. The Morgan fingerprint density at radius 1 is 1.29 bits per heavy atom. The van der Waals surface area contributed by atoms with Gasteiger partial charge in [0.25, 0.3) is 5.56 Å². The van der Waals surface area contributed by atoms with Gasteiger partial charge in [-0.2, -0.15) is 0 Å². The number of benzene rings is 1. The maximum atomic E-state index is 12.4. The standard InChI is InChI=1S/C14H10N2O4.ClH/c1-20-9-3-4-11-10(6-9)13(17)16-7-8(14(18)19)2-5-12(16)15-11;/h2-7H,1H3,(H,18,19);1H. The third-order valence-electron chi connectivity index (χ3n) is 3.06. The van der Waals surface area contributed by atoms with E-state index in [0.29, 0.717) is 22.3 Å². The van der Waals surface area contributed by atoms with Crippen molar-refractivity contribution in [2.45, 2.75) is 0 Å². The van der Waals surface area contributed by atoms with Crippen LogP contribution in [0.2, 0.25) is 0 Å². The molecule has 0 amide bonds. The van der Waals surface area contributed by atoms with Gasteiger partial charge in [0, 0.05) is 6.20 Å². The van der Waals surface area contributed by atoms with Crippen LogP contribution in [0, 0.1) is 0 Å². The van der Waals surface area contributed by atoms with Crippen LogP contribution in [0.4, 0.5) is 0 Å². The van der Waals surface area contributed by atoms with Crippen molar-refractivity contribution in [1.82, 2.24) is 9.38 Å². The number of rotatable bonds is 2. The summed E-state index contributed by atoms with van der Waals surface area (Å²) >= 11 is 0. The fraction of sp³-hybridized carbons (Fsp3) is 0.0714. The normalized spacial score (nSPS) is 10.3. The molecule has 2 heterocycles. The van der Waals surface area contributed by atoms with E-state index in [0.717, 1.165) is 0 Å². The molecule has 0 radical (unpaired) electrons. The average Bonchev–Trinajstić information content (AvgIpc) is 2.47. The minimum absolute atomic E-state index is 0. The molecule has 0 bridgehead atoms. The highest BCUT2D eigenvalue weighted by atomic mass is 35.5. The van der Waals surface area contributed by atoms with Gasteiger partial charge >= 0.3 is 5.97 Å². The highest BCUT2D eigenvalue weighted by molar-refractivity contribution is 5.88. The molecule has 0 aliphatic carbocycles. The first-order valence-electron chi connectivity index (χ1n) is 5.83. The zero-order valence-electron chi connectivity index (χ0n) is 10.9. The van der Waals surface area contributed by atoms with Gasteiger partial charge in [-0.1, -0.05) is 0 Å². The van der Waals surface area contributed by atoms with Gasteiger partial charge in [0.2, 0.25) is 0 Å². The van der Waals surface area contributed by atoms with Crippen LogP contribution in [-0.4, -0.2) is 27.6 Å². The smallest absolute Gasteiger partial charge is 0.337 e. The van der Waals surface area contributed by atoms with E-state index < -0.39 is 5.97 Å². The summed E-state index contributed by atoms with van der Waals surface area (Å²) in [6, 6.07) is 7.93. The predicted octanol–water partition coefficient (Wildman–Crippen LogP) is 1.98. The lowest BCUT2D eigenvalue weighted by molar-refractivity contribution is 0.0696. The number of hydrogen-bond donors (Lipinski definition) is 1. The van der Waals surface area contributed by atoms with Crippen molar-refractivity contribution in [2.24, 2.45) is 0 Å². The summed E-state index contributed by atoms with van der Waals surface area (Å²) in [7, 11) is 1.51. The van der Waals surface area contributed by atoms with Crippen molar-refractivity contribution in [2.75, 3.05) is 7.11 Å². The maximum absolute atomic E-state index is 12.4. The Balaban J connectivity index is 0.00000161. The number of carboxylic acids is 1. The number of pyridine rings is 1. The van der Waals surface area contributed by atoms with E-state index in [9.17, 15) is 9.59 Å². The van der Waals surface area contributed by atoms with E-state index in [2.05, 4.69) is 4.98 Å². The van der Waals surface area contributed by atoms with E-state index in [4.69, 9.17) is 9.84 Å². The fourth-order valence-electron chi connectivity index (χ4n) is 2.04. The summed E-state index contributed by atoms with van der Waals surface area (Å²) in [5.41, 5.74) is 0.646. The molecule has 0 aliphatic heterocycles. The summed E-state index contributed by atoms with van der Waals surface area (Å²) in [6.07, 6.45) is 1.27. The van der Waals surface area contributed by atoms with Crippen molar-refractivity contribution in [3.63, 3.8) is 0 Å². The van der Waals surface area contributed by atoms with Crippen LogP contribution in [0.25, 0.3) is 16.6 Å². The molecule has 0 unspecified atom stereocenters. The van der Waals surface area contributed by atoms with E-state index >= 15 is 0 Å². The van der Waals surface area contributed by atoms with Crippen LogP contribution in [-0.2, 0) is 0 Å². The summed E-state index contributed by atoms with van der Waals surface area (Å²) in [5.74, 6) is -0.546. The van der Waals surface area contributed by atoms with Gasteiger partial charge in [-0.3, -0.25) is 9.20 Å². The molecule has 0 fully saturated rings. The van der Waals surface area contributed by atoms with Crippen molar-refractivity contribution in [3.05, 3.63) is 52.4 Å². The van der Waals surface area contributed by atoms with Crippen LogP contribution >= 0.6 is 12.4 Å². The highest BCUT2D eigenvalue weighted by Gasteiger charge is 2.09. The lowest BCUT2D eigenvalue weighted by Gasteiger charge is -2.05. The lowest BCUT2D eigenvalue weighted by Crippen LogP contribution is -2.16. The van der Waals surface area contributed by atoms with E-state index in [1.54, 1.807) is 18.2 Å². The average molecular weight is 307 g/mol. The second kappa shape index (κ2) is 5.41. The van der Waals surface area contributed by atoms with Gasteiger partial charge in [-0.25, -0.2) is 9.78 Å². The van der Waals surface area contributed by atoms with Crippen LogP contribution in [0.3, 0.4) is 0 Å². The molecule has 21 heavy (non-hydrogen) atoms. The Morgan fingerprint density at radius 3 is 2.71 bits per heavy atom. The number of carboxylic acid groups (broad SMARTS) is 1. The largest absolute Gasteiger partial charge is 0.497 e. The molecule has 2 aromatic heterocycles. The Labute approximate surface area is 125 Å². The molecule has 3 aromatic rings. The van der Waals surface area contributed by atoms with Gasteiger partial charge in [0.1, 0.15) is 11.4 Å².